The smallest absolute Gasteiger partial charge is 0.270 e. The highest BCUT2D eigenvalue weighted by Crippen LogP contribution is 2.12. The molecule has 6 heteroatoms. The molecule has 0 bridgehead atoms. The Morgan fingerprint density at radius 2 is 2.29 bits per heavy atom. The van der Waals surface area contributed by atoms with Gasteiger partial charge in [0.2, 0.25) is 5.91 Å². The van der Waals surface area contributed by atoms with Crippen molar-refractivity contribution >= 4 is 16.9 Å². The second-order valence-electron chi connectivity index (χ2n) is 5.09. The Labute approximate surface area is 121 Å². The summed E-state index contributed by atoms with van der Waals surface area (Å²) in [6.45, 7) is 3.04. The molecular formula is C15H17N3O3. The summed E-state index contributed by atoms with van der Waals surface area (Å²) in [5.41, 5.74) is 1.61. The maximum atomic E-state index is 12.1. The van der Waals surface area contributed by atoms with E-state index in [1.807, 2.05) is 31.2 Å². The molecule has 1 amide bonds. The molecule has 2 heterocycles. The molecule has 1 unspecified atom stereocenters. The Kier molecular flexibility index (Phi) is 3.70. The standard InChI is InChI=1S/C15H17N3O3/c1-10-18(8-9-21-10)14(19)7-6-13-15(20)17-12-5-3-2-4-11(12)16-13/h2-5,10H,6-9H2,1H3,(H,17,20). The first-order valence-corrected chi connectivity index (χ1v) is 7.04. The largest absolute Gasteiger partial charge is 0.357 e. The molecule has 6 nitrogen and oxygen atoms in total. The summed E-state index contributed by atoms with van der Waals surface area (Å²) in [6.07, 6.45) is 0.421. The molecule has 1 aromatic heterocycles. The highest BCUT2D eigenvalue weighted by atomic mass is 16.5. The number of hydrogen-bond acceptors (Lipinski definition) is 4. The molecule has 0 spiro atoms. The number of nitrogens with one attached hydrogen (secondary N) is 1. The fraction of sp³-hybridized carbons (Fsp3) is 0.400. The number of nitrogens with zero attached hydrogens (tertiary/aromatic N) is 2. The SMILES string of the molecule is CC1OCCN1C(=O)CCc1nc2ccccc2[nH]c1=O. The lowest BCUT2D eigenvalue weighted by atomic mass is 10.2. The average Bonchev–Trinajstić information content (AvgIpc) is 2.91. The van der Waals surface area contributed by atoms with Crippen LogP contribution in [-0.2, 0) is 16.0 Å². The number of para-hydroxylation sites is 2. The maximum absolute atomic E-state index is 12.1. The number of aromatic nitrogens is 2. The summed E-state index contributed by atoms with van der Waals surface area (Å²) in [4.78, 5) is 32.9. The molecular weight excluding hydrogens is 270 g/mol. The van der Waals surface area contributed by atoms with Crippen molar-refractivity contribution in [3.63, 3.8) is 0 Å². The third-order valence-corrected chi connectivity index (χ3v) is 3.70. The van der Waals surface area contributed by atoms with E-state index in [1.54, 1.807) is 4.90 Å². The van der Waals surface area contributed by atoms with Crippen molar-refractivity contribution in [1.82, 2.24) is 14.9 Å². The predicted octanol–water partition coefficient (Wildman–Crippen LogP) is 1.06. The van der Waals surface area contributed by atoms with Crippen molar-refractivity contribution in [2.75, 3.05) is 13.2 Å². The van der Waals surface area contributed by atoms with Crippen molar-refractivity contribution in [1.29, 1.82) is 0 Å². The van der Waals surface area contributed by atoms with E-state index in [0.717, 1.165) is 5.52 Å². The number of rotatable bonds is 3. The van der Waals surface area contributed by atoms with Crippen molar-refractivity contribution in [2.24, 2.45) is 0 Å². The quantitative estimate of drug-likeness (QED) is 0.916. The first-order valence-electron chi connectivity index (χ1n) is 7.04. The Bertz CT molecular complexity index is 725. The summed E-state index contributed by atoms with van der Waals surface area (Å²) in [5, 5.41) is 0. The topological polar surface area (TPSA) is 75.3 Å². The third kappa shape index (κ3) is 2.80. The molecule has 3 rings (SSSR count). The van der Waals surface area contributed by atoms with Gasteiger partial charge in [-0.25, -0.2) is 4.98 Å². The number of amides is 1. The van der Waals surface area contributed by atoms with Gasteiger partial charge >= 0.3 is 0 Å². The molecule has 0 saturated carbocycles. The summed E-state index contributed by atoms with van der Waals surface area (Å²) in [6, 6.07) is 7.36. The van der Waals surface area contributed by atoms with E-state index >= 15 is 0 Å². The minimum Gasteiger partial charge on any atom is -0.357 e. The zero-order valence-corrected chi connectivity index (χ0v) is 11.8. The fourth-order valence-electron chi connectivity index (χ4n) is 2.53. The van der Waals surface area contributed by atoms with Gasteiger partial charge in [0.1, 0.15) is 11.9 Å². The number of aromatic amines is 1. The van der Waals surface area contributed by atoms with Crippen LogP contribution in [0.3, 0.4) is 0 Å². The lowest BCUT2D eigenvalue weighted by Crippen LogP contribution is -2.34. The highest BCUT2D eigenvalue weighted by Gasteiger charge is 2.25. The van der Waals surface area contributed by atoms with Gasteiger partial charge in [0.25, 0.3) is 5.56 Å². The van der Waals surface area contributed by atoms with E-state index in [4.69, 9.17) is 4.74 Å². The highest BCUT2D eigenvalue weighted by molar-refractivity contribution is 5.77. The van der Waals surface area contributed by atoms with Gasteiger partial charge in [0.05, 0.1) is 17.6 Å². The number of hydrogen-bond donors (Lipinski definition) is 1. The molecule has 1 aromatic carbocycles. The zero-order valence-electron chi connectivity index (χ0n) is 11.8. The van der Waals surface area contributed by atoms with Crippen LogP contribution in [-0.4, -0.2) is 40.2 Å². The van der Waals surface area contributed by atoms with Crippen LogP contribution in [0.5, 0.6) is 0 Å². The zero-order chi connectivity index (χ0) is 14.8. The van der Waals surface area contributed by atoms with Gasteiger partial charge in [0.15, 0.2) is 0 Å². The van der Waals surface area contributed by atoms with Crippen LogP contribution >= 0.6 is 0 Å². The molecule has 1 atom stereocenters. The minimum absolute atomic E-state index is 0.00522. The summed E-state index contributed by atoms with van der Waals surface area (Å²) >= 11 is 0. The molecule has 21 heavy (non-hydrogen) atoms. The van der Waals surface area contributed by atoms with E-state index in [2.05, 4.69) is 9.97 Å². The van der Waals surface area contributed by atoms with E-state index in [0.29, 0.717) is 30.8 Å². The van der Waals surface area contributed by atoms with Gasteiger partial charge in [-0.15, -0.1) is 0 Å². The molecule has 1 fully saturated rings. The molecule has 1 aliphatic heterocycles. The van der Waals surface area contributed by atoms with Crippen LogP contribution in [0.2, 0.25) is 0 Å². The Balaban J connectivity index is 1.74. The normalized spacial score (nSPS) is 18.3. The molecule has 2 aromatic rings. The third-order valence-electron chi connectivity index (χ3n) is 3.70. The minimum atomic E-state index is -0.229. The van der Waals surface area contributed by atoms with Gasteiger partial charge in [-0.2, -0.15) is 0 Å². The van der Waals surface area contributed by atoms with Crippen LogP contribution in [0.1, 0.15) is 19.0 Å². The van der Waals surface area contributed by atoms with Crippen molar-refractivity contribution in [3.8, 4) is 0 Å². The van der Waals surface area contributed by atoms with E-state index in [9.17, 15) is 9.59 Å². The first-order chi connectivity index (χ1) is 10.1. The predicted molar refractivity (Wildman–Crippen MR) is 77.8 cm³/mol. The van der Waals surface area contributed by atoms with Crippen LogP contribution < -0.4 is 5.56 Å². The fourth-order valence-corrected chi connectivity index (χ4v) is 2.53. The molecule has 1 saturated heterocycles. The lowest BCUT2D eigenvalue weighted by molar-refractivity contribution is -0.135. The van der Waals surface area contributed by atoms with Crippen LogP contribution in [0.25, 0.3) is 11.0 Å². The molecule has 0 aliphatic carbocycles. The summed E-state index contributed by atoms with van der Waals surface area (Å²) in [7, 11) is 0. The number of carbonyl (C=O) groups excluding carboxylic acids is 1. The van der Waals surface area contributed by atoms with Gasteiger partial charge < -0.3 is 14.6 Å². The van der Waals surface area contributed by atoms with E-state index in [-0.39, 0.29) is 24.1 Å². The van der Waals surface area contributed by atoms with Crippen molar-refractivity contribution in [3.05, 3.63) is 40.3 Å². The maximum Gasteiger partial charge on any atom is 0.270 e. The summed E-state index contributed by atoms with van der Waals surface area (Å²) < 4.78 is 5.34. The second kappa shape index (κ2) is 5.65. The van der Waals surface area contributed by atoms with Gasteiger partial charge in [0, 0.05) is 19.4 Å². The number of ether oxygens (including phenoxy) is 1. The lowest BCUT2D eigenvalue weighted by Gasteiger charge is -2.19. The van der Waals surface area contributed by atoms with Gasteiger partial charge in [-0.3, -0.25) is 9.59 Å². The average molecular weight is 287 g/mol. The number of benzene rings is 1. The van der Waals surface area contributed by atoms with E-state index in [1.165, 1.54) is 0 Å². The summed E-state index contributed by atoms with van der Waals surface area (Å²) in [5.74, 6) is -0.00522. The number of aryl methyl sites for hydroxylation is 1. The Morgan fingerprint density at radius 3 is 3.05 bits per heavy atom. The monoisotopic (exact) mass is 287 g/mol. The van der Waals surface area contributed by atoms with E-state index < -0.39 is 0 Å². The Hall–Kier alpha value is -2.21. The van der Waals surface area contributed by atoms with Crippen molar-refractivity contribution in [2.45, 2.75) is 26.0 Å². The van der Waals surface area contributed by atoms with Gasteiger partial charge in [-0.05, 0) is 19.1 Å². The van der Waals surface area contributed by atoms with Gasteiger partial charge in [-0.1, -0.05) is 12.1 Å². The van der Waals surface area contributed by atoms with Crippen LogP contribution in [0.4, 0.5) is 0 Å². The van der Waals surface area contributed by atoms with Crippen LogP contribution in [0.15, 0.2) is 29.1 Å². The number of H-pyrrole nitrogens is 1. The number of fused-ring (bicyclic) bond motifs is 1. The van der Waals surface area contributed by atoms with Crippen LogP contribution in [0, 0.1) is 0 Å². The molecule has 0 radical (unpaired) electrons. The molecule has 1 aliphatic rings. The van der Waals surface area contributed by atoms with Crippen molar-refractivity contribution < 1.29 is 9.53 Å². The Morgan fingerprint density at radius 1 is 1.48 bits per heavy atom. The first kappa shape index (κ1) is 13.8. The second-order valence-corrected chi connectivity index (χ2v) is 5.09. The number of carbonyl (C=O) groups is 1. The molecule has 1 N–H and O–H groups in total. The molecule has 110 valence electrons.